The molecule has 0 radical (unpaired) electrons. The number of hydrogen-bond donors (Lipinski definition) is 0. The highest BCUT2D eigenvalue weighted by Gasteiger charge is 2.69. The van der Waals surface area contributed by atoms with E-state index in [-0.39, 0.29) is 11.6 Å². The summed E-state index contributed by atoms with van der Waals surface area (Å²) in [6, 6.07) is 36.4. The number of azo groups is 1. The summed E-state index contributed by atoms with van der Waals surface area (Å²) in [6.45, 7) is 0. The van der Waals surface area contributed by atoms with Crippen molar-refractivity contribution >= 4 is 11.6 Å². The quantitative estimate of drug-likeness (QED) is 0.376. The van der Waals surface area contributed by atoms with E-state index >= 15 is 0 Å². The summed E-state index contributed by atoms with van der Waals surface area (Å²) in [7, 11) is 0. The van der Waals surface area contributed by atoms with Crippen LogP contribution in [0.1, 0.15) is 43.3 Å². The first-order chi connectivity index (χ1) is 16.2. The van der Waals surface area contributed by atoms with Crippen LogP contribution in [0.15, 0.2) is 125 Å². The van der Waals surface area contributed by atoms with E-state index in [4.69, 9.17) is 5.11 Å². The minimum Gasteiger partial charge on any atom is -0.291 e. The molecule has 4 aromatic carbocycles. The van der Waals surface area contributed by atoms with Crippen molar-refractivity contribution in [1.29, 1.82) is 0 Å². The molecular formula is C29H20N2O2. The average molecular weight is 428 g/mol. The van der Waals surface area contributed by atoms with Crippen LogP contribution in [0.2, 0.25) is 0 Å². The van der Waals surface area contributed by atoms with Gasteiger partial charge in [0.15, 0.2) is 0 Å². The van der Waals surface area contributed by atoms with Crippen molar-refractivity contribution in [3.05, 3.63) is 143 Å². The maximum Gasteiger partial charge on any atom is 0.216 e. The Labute approximate surface area is 191 Å². The molecule has 0 amide bonds. The highest BCUT2D eigenvalue weighted by atomic mass is 16.2. The molecule has 1 unspecified atom stereocenters. The van der Waals surface area contributed by atoms with E-state index in [0.717, 1.165) is 16.7 Å². The first kappa shape index (κ1) is 19.5. The van der Waals surface area contributed by atoms with Crippen molar-refractivity contribution < 1.29 is 9.59 Å². The maximum absolute atomic E-state index is 14.0. The van der Waals surface area contributed by atoms with Crippen LogP contribution in [0.25, 0.3) is 0 Å². The summed E-state index contributed by atoms with van der Waals surface area (Å²) in [5.74, 6) is -1.20. The van der Waals surface area contributed by atoms with Gasteiger partial charge in [-0.25, -0.2) is 0 Å². The number of nitrogens with zero attached hydrogens (tertiary/aromatic N) is 2. The zero-order valence-corrected chi connectivity index (χ0v) is 17.8. The van der Waals surface area contributed by atoms with E-state index in [9.17, 15) is 9.59 Å². The Kier molecular flexibility index (Phi) is 4.24. The lowest BCUT2D eigenvalue weighted by atomic mass is 9.62. The molecule has 4 nitrogen and oxygen atoms in total. The van der Waals surface area contributed by atoms with Crippen molar-refractivity contribution in [1.82, 2.24) is 0 Å². The van der Waals surface area contributed by atoms with Gasteiger partial charge in [0, 0.05) is 11.1 Å². The molecule has 1 heterocycles. The summed E-state index contributed by atoms with van der Waals surface area (Å²) in [5, 5.41) is 9.50. The highest BCUT2D eigenvalue weighted by Crippen LogP contribution is 2.60. The summed E-state index contributed by atoms with van der Waals surface area (Å²) in [5.41, 5.74) is 0.793. The molecule has 1 aliphatic heterocycles. The third kappa shape index (κ3) is 2.52. The number of ketones is 2. The predicted octanol–water partition coefficient (Wildman–Crippen LogP) is 6.00. The van der Waals surface area contributed by atoms with Crippen LogP contribution in [0.3, 0.4) is 0 Å². The molecule has 0 saturated carbocycles. The van der Waals surface area contributed by atoms with E-state index in [0.29, 0.717) is 11.1 Å². The van der Waals surface area contributed by atoms with Crippen molar-refractivity contribution in [3.63, 3.8) is 0 Å². The molecular weight excluding hydrogens is 408 g/mol. The largest absolute Gasteiger partial charge is 0.291 e. The minimum absolute atomic E-state index is 0.283. The predicted molar refractivity (Wildman–Crippen MR) is 126 cm³/mol. The summed E-state index contributed by atoms with van der Waals surface area (Å²) >= 11 is 0. The van der Waals surface area contributed by atoms with Crippen molar-refractivity contribution in [2.45, 2.75) is 17.0 Å². The first-order valence-corrected chi connectivity index (χ1v) is 11.0. The van der Waals surface area contributed by atoms with Gasteiger partial charge in [0.25, 0.3) is 0 Å². The van der Waals surface area contributed by atoms with Gasteiger partial charge < -0.3 is 0 Å². The summed E-state index contributed by atoms with van der Waals surface area (Å²) in [6.07, 6.45) is 0. The normalized spacial score (nSPS) is 19.7. The standard InChI is InChI=1S/C29H20N2O2/c32-26-23-18-10-11-19-24(23)27(33)29(26)25(20-12-4-1-5-13-20)28(30-31-29,21-14-6-2-7-15-21)22-16-8-3-9-17-22/h1-19,25H. The number of Topliss-reactive ketones (excluding diaryl/α,β-unsaturated/α-hetero) is 2. The molecule has 6 rings (SSSR count). The molecule has 1 spiro atoms. The van der Waals surface area contributed by atoms with Gasteiger partial charge in [-0.3, -0.25) is 9.59 Å². The molecule has 4 aromatic rings. The number of fused-ring (bicyclic) bond motifs is 1. The topological polar surface area (TPSA) is 58.9 Å². The number of hydrogen-bond acceptors (Lipinski definition) is 4. The summed E-state index contributed by atoms with van der Waals surface area (Å²) < 4.78 is 0. The van der Waals surface area contributed by atoms with Gasteiger partial charge in [-0.2, -0.15) is 10.2 Å². The van der Waals surface area contributed by atoms with Gasteiger partial charge in [-0.05, 0) is 16.7 Å². The van der Waals surface area contributed by atoms with Gasteiger partial charge in [-0.1, -0.05) is 115 Å². The molecule has 1 atom stereocenters. The van der Waals surface area contributed by atoms with Crippen molar-refractivity contribution in [2.75, 3.05) is 0 Å². The van der Waals surface area contributed by atoms with Crippen LogP contribution in [0, 0.1) is 0 Å². The highest BCUT2D eigenvalue weighted by molar-refractivity contribution is 6.34. The van der Waals surface area contributed by atoms with E-state index in [2.05, 4.69) is 5.11 Å². The second kappa shape index (κ2) is 7.17. The Morgan fingerprint density at radius 3 is 1.36 bits per heavy atom. The van der Waals surface area contributed by atoms with E-state index in [1.807, 2.05) is 91.0 Å². The molecule has 0 bridgehead atoms. The van der Waals surface area contributed by atoms with Gasteiger partial charge in [0.05, 0.1) is 5.92 Å². The number of carbonyl (C=O) groups is 2. The molecule has 2 aliphatic rings. The lowest BCUT2D eigenvalue weighted by Gasteiger charge is -2.38. The third-order valence-corrected chi connectivity index (χ3v) is 6.87. The lowest BCUT2D eigenvalue weighted by Crippen LogP contribution is -2.49. The van der Waals surface area contributed by atoms with Gasteiger partial charge in [-0.15, -0.1) is 0 Å². The molecule has 4 heteroatoms. The third-order valence-electron chi connectivity index (χ3n) is 6.87. The van der Waals surface area contributed by atoms with Crippen LogP contribution >= 0.6 is 0 Å². The lowest BCUT2D eigenvalue weighted by molar-refractivity contribution is 0.0772. The molecule has 1 aliphatic carbocycles. The SMILES string of the molecule is O=C1c2ccccc2C(=O)C12N=NC(c1ccccc1)(c1ccccc1)C2c1ccccc1. The molecule has 33 heavy (non-hydrogen) atoms. The monoisotopic (exact) mass is 428 g/mol. The molecule has 0 fully saturated rings. The fraction of sp³-hybridized carbons (Fsp3) is 0.103. The van der Waals surface area contributed by atoms with Gasteiger partial charge >= 0.3 is 0 Å². The Balaban J connectivity index is 1.70. The maximum atomic E-state index is 14.0. The zero-order valence-electron chi connectivity index (χ0n) is 17.8. The second-order valence-electron chi connectivity index (χ2n) is 8.51. The Hall–Kier alpha value is -4.18. The van der Waals surface area contributed by atoms with E-state index in [1.54, 1.807) is 24.3 Å². The van der Waals surface area contributed by atoms with Gasteiger partial charge in [0.2, 0.25) is 17.1 Å². The Morgan fingerprint density at radius 2 is 0.879 bits per heavy atom. The number of rotatable bonds is 3. The van der Waals surface area contributed by atoms with Crippen LogP contribution in [-0.4, -0.2) is 17.1 Å². The van der Waals surface area contributed by atoms with Crippen LogP contribution in [0.4, 0.5) is 0 Å². The summed E-state index contributed by atoms with van der Waals surface area (Å²) in [4.78, 5) is 28.0. The Morgan fingerprint density at radius 1 is 0.485 bits per heavy atom. The second-order valence-corrected chi connectivity index (χ2v) is 8.51. The van der Waals surface area contributed by atoms with Crippen LogP contribution < -0.4 is 0 Å². The zero-order chi connectivity index (χ0) is 22.5. The van der Waals surface area contributed by atoms with E-state index < -0.39 is 17.0 Å². The van der Waals surface area contributed by atoms with E-state index in [1.165, 1.54) is 0 Å². The van der Waals surface area contributed by atoms with Gasteiger partial charge in [0.1, 0.15) is 5.54 Å². The average Bonchev–Trinajstić information content (AvgIpc) is 3.36. The Bertz CT molecular complexity index is 1320. The molecule has 0 saturated heterocycles. The fourth-order valence-electron chi connectivity index (χ4n) is 5.45. The molecule has 0 aromatic heterocycles. The molecule has 158 valence electrons. The van der Waals surface area contributed by atoms with Crippen molar-refractivity contribution in [3.8, 4) is 0 Å². The molecule has 0 N–H and O–H groups in total. The first-order valence-electron chi connectivity index (χ1n) is 11.0. The smallest absolute Gasteiger partial charge is 0.216 e. The number of benzene rings is 4. The van der Waals surface area contributed by atoms with Crippen LogP contribution in [-0.2, 0) is 5.54 Å². The fourth-order valence-corrected chi connectivity index (χ4v) is 5.45. The number of carbonyl (C=O) groups excluding carboxylic acids is 2. The van der Waals surface area contributed by atoms with Crippen LogP contribution in [0.5, 0.6) is 0 Å². The minimum atomic E-state index is -1.64. The van der Waals surface area contributed by atoms with Crippen molar-refractivity contribution in [2.24, 2.45) is 10.2 Å².